The van der Waals surface area contributed by atoms with Crippen molar-refractivity contribution in [2.45, 2.75) is 13.5 Å². The van der Waals surface area contributed by atoms with Crippen molar-refractivity contribution in [1.82, 2.24) is 9.97 Å². The van der Waals surface area contributed by atoms with Crippen molar-refractivity contribution in [1.29, 1.82) is 0 Å². The molecule has 0 radical (unpaired) electrons. The average Bonchev–Trinajstić information content (AvgIpc) is 2.26. The lowest BCUT2D eigenvalue weighted by Crippen LogP contribution is -2.24. The van der Waals surface area contributed by atoms with E-state index in [1.54, 1.807) is 12.4 Å². The minimum Gasteiger partial charge on any atom is -0.352 e. The van der Waals surface area contributed by atoms with E-state index in [0.717, 1.165) is 24.6 Å². The fraction of sp³-hybridized carbons (Fsp3) is 0.400. The summed E-state index contributed by atoms with van der Waals surface area (Å²) in [4.78, 5) is 10.5. The van der Waals surface area contributed by atoms with Gasteiger partial charge in [0.05, 0.1) is 11.9 Å². The second kappa shape index (κ2) is 5.34. The van der Waals surface area contributed by atoms with Gasteiger partial charge in [0.25, 0.3) is 0 Å². The van der Waals surface area contributed by atoms with Gasteiger partial charge < -0.3 is 10.6 Å². The van der Waals surface area contributed by atoms with Gasteiger partial charge in [0.2, 0.25) is 0 Å². The molecule has 0 spiro atoms. The summed E-state index contributed by atoms with van der Waals surface area (Å²) < 4.78 is 0. The zero-order valence-corrected chi connectivity index (χ0v) is 8.48. The molecule has 0 saturated carbocycles. The first-order chi connectivity index (χ1) is 6.81. The fourth-order valence-corrected chi connectivity index (χ4v) is 1.19. The van der Waals surface area contributed by atoms with E-state index in [-0.39, 0.29) is 0 Å². The van der Waals surface area contributed by atoms with Crippen LogP contribution in [0, 0.1) is 0 Å². The molecule has 0 amide bonds. The van der Waals surface area contributed by atoms with Gasteiger partial charge in [-0.1, -0.05) is 6.08 Å². The molecule has 1 aromatic rings. The summed E-state index contributed by atoms with van der Waals surface area (Å²) in [5.41, 5.74) is 6.30. The smallest absolute Gasteiger partial charge is 0.147 e. The normalized spacial score (nSPS) is 9.86. The van der Waals surface area contributed by atoms with Crippen molar-refractivity contribution in [3.63, 3.8) is 0 Å². The maximum atomic E-state index is 5.49. The van der Waals surface area contributed by atoms with Gasteiger partial charge in [-0.15, -0.1) is 6.58 Å². The summed E-state index contributed by atoms with van der Waals surface area (Å²) in [5.74, 6) is 0.857. The van der Waals surface area contributed by atoms with Crippen LogP contribution in [0.25, 0.3) is 0 Å². The summed E-state index contributed by atoms with van der Waals surface area (Å²) in [7, 11) is 0. The molecule has 14 heavy (non-hydrogen) atoms. The molecule has 4 nitrogen and oxygen atoms in total. The maximum Gasteiger partial charge on any atom is 0.147 e. The van der Waals surface area contributed by atoms with Crippen molar-refractivity contribution in [3.8, 4) is 0 Å². The number of nitrogens with zero attached hydrogens (tertiary/aromatic N) is 3. The maximum absolute atomic E-state index is 5.49. The van der Waals surface area contributed by atoms with E-state index in [1.807, 2.05) is 6.08 Å². The van der Waals surface area contributed by atoms with Gasteiger partial charge in [-0.25, -0.2) is 4.98 Å². The monoisotopic (exact) mass is 192 g/mol. The lowest BCUT2D eigenvalue weighted by Gasteiger charge is -2.19. The fourth-order valence-electron chi connectivity index (χ4n) is 1.19. The van der Waals surface area contributed by atoms with E-state index in [2.05, 4.69) is 28.4 Å². The topological polar surface area (TPSA) is 55.0 Å². The molecular formula is C10H16N4. The molecule has 0 aromatic carbocycles. The van der Waals surface area contributed by atoms with E-state index in [4.69, 9.17) is 5.73 Å². The molecule has 0 saturated heterocycles. The van der Waals surface area contributed by atoms with E-state index in [1.165, 1.54) is 0 Å². The van der Waals surface area contributed by atoms with Crippen LogP contribution in [0.3, 0.4) is 0 Å². The largest absolute Gasteiger partial charge is 0.352 e. The summed E-state index contributed by atoms with van der Waals surface area (Å²) >= 11 is 0. The highest BCUT2D eigenvalue weighted by atomic mass is 15.2. The Balaban J connectivity index is 2.85. The van der Waals surface area contributed by atoms with Crippen molar-refractivity contribution >= 4 is 5.82 Å². The first-order valence-electron chi connectivity index (χ1n) is 4.68. The first-order valence-corrected chi connectivity index (χ1v) is 4.68. The van der Waals surface area contributed by atoms with Crippen molar-refractivity contribution in [2.24, 2.45) is 5.73 Å². The van der Waals surface area contributed by atoms with Crippen molar-refractivity contribution in [3.05, 3.63) is 30.7 Å². The zero-order chi connectivity index (χ0) is 10.4. The van der Waals surface area contributed by atoms with Crippen molar-refractivity contribution in [2.75, 3.05) is 18.0 Å². The van der Waals surface area contributed by atoms with Gasteiger partial charge in [0, 0.05) is 25.8 Å². The molecule has 1 aromatic heterocycles. The van der Waals surface area contributed by atoms with Crippen LogP contribution in [-0.4, -0.2) is 23.1 Å². The number of anilines is 1. The molecule has 2 N–H and O–H groups in total. The average molecular weight is 192 g/mol. The molecule has 0 fully saturated rings. The highest BCUT2D eigenvalue weighted by molar-refractivity contribution is 5.36. The highest BCUT2D eigenvalue weighted by Gasteiger charge is 2.04. The predicted octanol–water partition coefficient (Wildman–Crippen LogP) is 0.948. The number of nitrogens with two attached hydrogens (primary N) is 1. The second-order valence-corrected chi connectivity index (χ2v) is 2.90. The second-order valence-electron chi connectivity index (χ2n) is 2.90. The quantitative estimate of drug-likeness (QED) is 0.706. The Morgan fingerprint density at radius 2 is 2.36 bits per heavy atom. The Hall–Kier alpha value is -1.42. The number of likely N-dealkylation sites (N-methyl/N-ethyl adjacent to an activating group) is 1. The van der Waals surface area contributed by atoms with Gasteiger partial charge in [0.1, 0.15) is 5.82 Å². The molecule has 76 valence electrons. The van der Waals surface area contributed by atoms with Crippen molar-refractivity contribution < 1.29 is 0 Å². The summed E-state index contributed by atoms with van der Waals surface area (Å²) in [6, 6.07) is 0. The Morgan fingerprint density at radius 3 is 2.93 bits per heavy atom. The summed E-state index contributed by atoms with van der Waals surface area (Å²) in [6.07, 6.45) is 5.28. The number of aromatic nitrogens is 2. The summed E-state index contributed by atoms with van der Waals surface area (Å²) in [6.45, 7) is 7.86. The van der Waals surface area contributed by atoms with Gasteiger partial charge in [-0.3, -0.25) is 4.98 Å². The third-order valence-corrected chi connectivity index (χ3v) is 1.94. The van der Waals surface area contributed by atoms with Crippen LogP contribution in [0.1, 0.15) is 12.6 Å². The van der Waals surface area contributed by atoms with Gasteiger partial charge >= 0.3 is 0 Å². The van der Waals surface area contributed by atoms with Crippen LogP contribution in [0.4, 0.5) is 5.82 Å². The van der Waals surface area contributed by atoms with Crippen LogP contribution < -0.4 is 10.6 Å². The predicted molar refractivity (Wildman–Crippen MR) is 58.0 cm³/mol. The van der Waals surface area contributed by atoms with Crippen LogP contribution in [0.15, 0.2) is 25.0 Å². The van der Waals surface area contributed by atoms with Crippen LogP contribution >= 0.6 is 0 Å². The number of hydrogen-bond donors (Lipinski definition) is 1. The molecule has 0 aliphatic carbocycles. The number of hydrogen-bond acceptors (Lipinski definition) is 4. The molecule has 0 aliphatic rings. The lowest BCUT2D eigenvalue weighted by molar-refractivity contribution is 0.854. The molecule has 0 bridgehead atoms. The Kier molecular flexibility index (Phi) is 4.07. The third kappa shape index (κ3) is 2.53. The molecule has 0 unspecified atom stereocenters. The molecule has 4 heteroatoms. The Morgan fingerprint density at radius 1 is 1.57 bits per heavy atom. The van der Waals surface area contributed by atoms with E-state index in [9.17, 15) is 0 Å². The third-order valence-electron chi connectivity index (χ3n) is 1.94. The molecule has 1 rings (SSSR count). The Labute approximate surface area is 84.5 Å². The minimum absolute atomic E-state index is 0.423. The molecule has 0 atom stereocenters. The van der Waals surface area contributed by atoms with E-state index < -0.39 is 0 Å². The zero-order valence-electron chi connectivity index (χ0n) is 8.48. The van der Waals surface area contributed by atoms with E-state index >= 15 is 0 Å². The van der Waals surface area contributed by atoms with Crippen LogP contribution in [0.5, 0.6) is 0 Å². The lowest BCUT2D eigenvalue weighted by atomic mass is 10.4. The van der Waals surface area contributed by atoms with Gasteiger partial charge in [-0.2, -0.15) is 0 Å². The van der Waals surface area contributed by atoms with Gasteiger partial charge in [-0.05, 0) is 6.92 Å². The van der Waals surface area contributed by atoms with Crippen LogP contribution in [0.2, 0.25) is 0 Å². The SMILES string of the molecule is C=CCN(CC)c1cncc(CN)n1. The van der Waals surface area contributed by atoms with E-state index in [0.29, 0.717) is 6.54 Å². The first kappa shape index (κ1) is 10.7. The Bertz CT molecular complexity index is 298. The summed E-state index contributed by atoms with van der Waals surface area (Å²) in [5, 5.41) is 0. The molecule has 0 aliphatic heterocycles. The van der Waals surface area contributed by atoms with Crippen LogP contribution in [-0.2, 0) is 6.54 Å². The number of rotatable bonds is 5. The minimum atomic E-state index is 0.423. The molecular weight excluding hydrogens is 176 g/mol. The standard InChI is InChI=1S/C10H16N4/c1-3-5-14(4-2)10-8-12-7-9(6-11)13-10/h3,7-8H,1,4-6,11H2,2H3. The van der Waals surface area contributed by atoms with Gasteiger partial charge in [0.15, 0.2) is 0 Å². The molecule has 1 heterocycles. The highest BCUT2D eigenvalue weighted by Crippen LogP contribution is 2.08.